The van der Waals surface area contributed by atoms with Gasteiger partial charge in [0.25, 0.3) is 0 Å². The third-order valence-corrected chi connectivity index (χ3v) is 4.10. The van der Waals surface area contributed by atoms with Crippen LogP contribution >= 0.6 is 15.9 Å². The van der Waals surface area contributed by atoms with Gasteiger partial charge in [-0.15, -0.1) is 0 Å². The molecule has 1 amide bonds. The molecule has 0 aliphatic heterocycles. The van der Waals surface area contributed by atoms with Gasteiger partial charge in [-0.3, -0.25) is 4.79 Å². The lowest BCUT2D eigenvalue weighted by Gasteiger charge is -2.28. The van der Waals surface area contributed by atoms with Gasteiger partial charge in [0.2, 0.25) is 5.91 Å². The Bertz CT molecular complexity index is 444. The molecule has 1 aromatic carbocycles. The summed E-state index contributed by atoms with van der Waals surface area (Å²) in [5.74, 6) is 0.286. The number of amides is 1. The van der Waals surface area contributed by atoms with Crippen molar-refractivity contribution in [2.75, 3.05) is 6.54 Å². The lowest BCUT2D eigenvalue weighted by Crippen LogP contribution is -2.41. The zero-order valence-electron chi connectivity index (χ0n) is 11.1. The summed E-state index contributed by atoms with van der Waals surface area (Å²) in [6, 6.07) is 6.82. The van der Waals surface area contributed by atoms with Crippen molar-refractivity contribution in [1.29, 1.82) is 0 Å². The third-order valence-electron chi connectivity index (χ3n) is 3.61. The Morgan fingerprint density at radius 1 is 1.33 bits per heavy atom. The predicted molar refractivity (Wildman–Crippen MR) is 77.6 cm³/mol. The number of fused-ring (bicyclic) bond motifs is 1. The molecule has 1 aromatic rings. The van der Waals surface area contributed by atoms with Gasteiger partial charge in [0.15, 0.2) is 0 Å². The molecule has 0 fully saturated rings. The van der Waals surface area contributed by atoms with E-state index in [4.69, 9.17) is 0 Å². The van der Waals surface area contributed by atoms with Crippen LogP contribution in [0.3, 0.4) is 0 Å². The van der Waals surface area contributed by atoms with Gasteiger partial charge in [-0.2, -0.15) is 0 Å². The highest BCUT2D eigenvalue weighted by atomic mass is 79.9. The summed E-state index contributed by atoms with van der Waals surface area (Å²) in [5.41, 5.74) is 2.78. The molecular weight excluding hydrogens is 290 g/mol. The molecule has 0 saturated carbocycles. The second-order valence-electron chi connectivity index (χ2n) is 4.92. The van der Waals surface area contributed by atoms with E-state index >= 15 is 0 Å². The maximum Gasteiger partial charge on any atom is 0.222 e. The predicted octanol–water partition coefficient (Wildman–Crippen LogP) is 3.56. The number of hydrogen-bond donors (Lipinski definition) is 0. The molecule has 0 heterocycles. The first-order valence-electron chi connectivity index (χ1n) is 6.72. The maximum atomic E-state index is 12.0. The van der Waals surface area contributed by atoms with Crippen molar-refractivity contribution in [3.05, 3.63) is 33.8 Å². The van der Waals surface area contributed by atoms with Crippen molar-refractivity contribution < 1.29 is 4.79 Å². The molecule has 1 atom stereocenters. The topological polar surface area (TPSA) is 20.3 Å². The van der Waals surface area contributed by atoms with Crippen LogP contribution in [-0.2, 0) is 17.6 Å². The summed E-state index contributed by atoms with van der Waals surface area (Å²) in [4.78, 5) is 14.1. The van der Waals surface area contributed by atoms with Crippen LogP contribution < -0.4 is 0 Å². The lowest BCUT2D eigenvalue weighted by atomic mass is 10.1. The Morgan fingerprint density at radius 2 is 2.06 bits per heavy atom. The molecular formula is C15H20BrNO. The van der Waals surface area contributed by atoms with E-state index in [1.54, 1.807) is 0 Å². The molecule has 0 saturated heterocycles. The second kappa shape index (κ2) is 5.87. The normalized spacial score (nSPS) is 17.6. The Kier molecular flexibility index (Phi) is 4.44. The molecule has 0 N–H and O–H groups in total. The van der Waals surface area contributed by atoms with Gasteiger partial charge >= 0.3 is 0 Å². The van der Waals surface area contributed by atoms with Crippen LogP contribution in [0.15, 0.2) is 22.7 Å². The minimum atomic E-state index is 0.286. The zero-order chi connectivity index (χ0) is 13.1. The fourth-order valence-electron chi connectivity index (χ4n) is 2.74. The van der Waals surface area contributed by atoms with E-state index in [9.17, 15) is 4.79 Å². The second-order valence-corrected chi connectivity index (χ2v) is 5.83. The van der Waals surface area contributed by atoms with Gasteiger partial charge in [0.05, 0.1) is 0 Å². The highest BCUT2D eigenvalue weighted by Crippen LogP contribution is 2.28. The summed E-state index contributed by atoms with van der Waals surface area (Å²) in [5, 5.41) is 0. The van der Waals surface area contributed by atoms with Gasteiger partial charge in [-0.25, -0.2) is 0 Å². The molecule has 2 nitrogen and oxygen atoms in total. The van der Waals surface area contributed by atoms with Gasteiger partial charge < -0.3 is 4.90 Å². The van der Waals surface area contributed by atoms with E-state index < -0.39 is 0 Å². The van der Waals surface area contributed by atoms with Crippen LogP contribution in [0.4, 0.5) is 0 Å². The van der Waals surface area contributed by atoms with Gasteiger partial charge in [-0.1, -0.05) is 35.8 Å². The van der Waals surface area contributed by atoms with Crippen molar-refractivity contribution in [2.45, 2.75) is 45.6 Å². The lowest BCUT2D eigenvalue weighted by molar-refractivity contribution is -0.133. The molecule has 1 aliphatic rings. The van der Waals surface area contributed by atoms with Crippen LogP contribution in [0.2, 0.25) is 0 Å². The van der Waals surface area contributed by atoms with E-state index in [0.29, 0.717) is 12.5 Å². The van der Waals surface area contributed by atoms with Gasteiger partial charge in [-0.05, 0) is 42.5 Å². The molecule has 0 spiro atoms. The fourth-order valence-corrected chi connectivity index (χ4v) is 3.15. The Labute approximate surface area is 117 Å². The molecule has 2 rings (SSSR count). The Balaban J connectivity index is 2.14. The summed E-state index contributed by atoms with van der Waals surface area (Å²) < 4.78 is 1.13. The zero-order valence-corrected chi connectivity index (χ0v) is 12.7. The molecule has 3 heteroatoms. The number of halogens is 1. The largest absolute Gasteiger partial charge is 0.339 e. The number of benzene rings is 1. The molecule has 0 aromatic heterocycles. The summed E-state index contributed by atoms with van der Waals surface area (Å²) >= 11 is 3.51. The molecule has 0 radical (unpaired) electrons. The monoisotopic (exact) mass is 309 g/mol. The van der Waals surface area contributed by atoms with Crippen molar-refractivity contribution in [3.8, 4) is 0 Å². The van der Waals surface area contributed by atoms with Crippen molar-refractivity contribution >= 4 is 21.8 Å². The smallest absolute Gasteiger partial charge is 0.222 e. The van der Waals surface area contributed by atoms with Crippen molar-refractivity contribution in [1.82, 2.24) is 4.90 Å². The maximum absolute atomic E-state index is 12.0. The molecule has 98 valence electrons. The molecule has 1 aliphatic carbocycles. The van der Waals surface area contributed by atoms with Crippen LogP contribution in [0.5, 0.6) is 0 Å². The van der Waals surface area contributed by atoms with E-state index in [1.165, 1.54) is 11.1 Å². The van der Waals surface area contributed by atoms with Gasteiger partial charge in [0.1, 0.15) is 0 Å². The number of carbonyl (C=O) groups excluding carboxylic acids is 1. The average molecular weight is 310 g/mol. The fraction of sp³-hybridized carbons (Fsp3) is 0.533. The van der Waals surface area contributed by atoms with Crippen molar-refractivity contribution in [3.63, 3.8) is 0 Å². The SMILES string of the molecule is CCCN(C(=O)CC)C1Cc2ccc(Br)cc2C1. The van der Waals surface area contributed by atoms with Crippen LogP contribution in [-0.4, -0.2) is 23.4 Å². The molecule has 0 bridgehead atoms. The quantitative estimate of drug-likeness (QED) is 0.832. The highest BCUT2D eigenvalue weighted by Gasteiger charge is 2.28. The number of carbonyl (C=O) groups is 1. The Hall–Kier alpha value is -0.830. The van der Waals surface area contributed by atoms with E-state index in [0.717, 1.165) is 30.3 Å². The number of hydrogen-bond acceptors (Lipinski definition) is 1. The standard InChI is InChI=1S/C15H20BrNO/c1-3-7-17(15(18)4-2)14-9-11-5-6-13(16)8-12(11)10-14/h5-6,8,14H,3-4,7,9-10H2,1-2H3. The minimum absolute atomic E-state index is 0.286. The summed E-state index contributed by atoms with van der Waals surface area (Å²) in [6.45, 7) is 4.96. The summed E-state index contributed by atoms with van der Waals surface area (Å²) in [6.07, 6.45) is 3.65. The number of rotatable bonds is 4. The first-order valence-corrected chi connectivity index (χ1v) is 7.51. The average Bonchev–Trinajstić information content (AvgIpc) is 2.77. The van der Waals surface area contributed by atoms with E-state index in [2.05, 4.69) is 46.0 Å². The van der Waals surface area contributed by atoms with Crippen molar-refractivity contribution in [2.24, 2.45) is 0 Å². The Morgan fingerprint density at radius 3 is 2.72 bits per heavy atom. The van der Waals surface area contributed by atoms with E-state index in [1.807, 2.05) is 6.92 Å². The van der Waals surface area contributed by atoms with Crippen LogP contribution in [0.1, 0.15) is 37.8 Å². The van der Waals surface area contributed by atoms with Crippen LogP contribution in [0, 0.1) is 0 Å². The molecule has 18 heavy (non-hydrogen) atoms. The molecule has 1 unspecified atom stereocenters. The summed E-state index contributed by atoms with van der Waals surface area (Å²) in [7, 11) is 0. The minimum Gasteiger partial charge on any atom is -0.339 e. The van der Waals surface area contributed by atoms with E-state index in [-0.39, 0.29) is 5.91 Å². The number of nitrogens with zero attached hydrogens (tertiary/aromatic N) is 1. The van der Waals surface area contributed by atoms with Gasteiger partial charge in [0, 0.05) is 23.5 Å². The first-order chi connectivity index (χ1) is 8.65. The first kappa shape index (κ1) is 13.6. The third kappa shape index (κ3) is 2.77. The highest BCUT2D eigenvalue weighted by molar-refractivity contribution is 9.10. The van der Waals surface area contributed by atoms with Crippen LogP contribution in [0.25, 0.3) is 0 Å².